The quantitative estimate of drug-likeness (QED) is 0.760. The molecule has 1 aliphatic heterocycles. The van der Waals surface area contributed by atoms with Gasteiger partial charge >= 0.3 is 0 Å². The van der Waals surface area contributed by atoms with E-state index in [0.29, 0.717) is 0 Å². The second kappa shape index (κ2) is 3.58. The fraction of sp³-hybridized carbons (Fsp3) is 0.385. The average molecular weight is 228 g/mol. The molecule has 17 heavy (non-hydrogen) atoms. The number of aryl methyl sites for hydroxylation is 2. The number of nitrogen functional groups attached to an aromatic ring is 1. The smallest absolute Gasteiger partial charge is 0.164 e. The molecule has 2 aromatic rings. The van der Waals surface area contributed by atoms with Gasteiger partial charge < -0.3 is 10.3 Å². The summed E-state index contributed by atoms with van der Waals surface area (Å²) in [6.07, 6.45) is 2.20. The van der Waals surface area contributed by atoms with Crippen LogP contribution in [0.3, 0.4) is 0 Å². The summed E-state index contributed by atoms with van der Waals surface area (Å²) in [5.74, 6) is 2.06. The molecule has 0 spiro atoms. The first kappa shape index (κ1) is 10.3. The molecule has 88 valence electrons. The summed E-state index contributed by atoms with van der Waals surface area (Å²) in [5, 5.41) is 8.55. The van der Waals surface area contributed by atoms with E-state index in [1.165, 1.54) is 11.1 Å². The van der Waals surface area contributed by atoms with Crippen LogP contribution in [0.2, 0.25) is 0 Å². The SMILES string of the molecule is Cc1cc(N)cc(-c2nnc3n2CCC3)c1C. The topological polar surface area (TPSA) is 56.7 Å². The standard InChI is InChI=1S/C13H16N4/c1-8-6-10(14)7-11(9(8)2)13-16-15-12-4-3-5-17(12)13/h6-7H,3-5,14H2,1-2H3. The molecule has 4 heteroatoms. The molecule has 0 saturated carbocycles. The van der Waals surface area contributed by atoms with Crippen molar-refractivity contribution in [3.05, 3.63) is 29.1 Å². The largest absolute Gasteiger partial charge is 0.399 e. The Kier molecular flexibility index (Phi) is 2.18. The highest BCUT2D eigenvalue weighted by Gasteiger charge is 2.20. The van der Waals surface area contributed by atoms with E-state index in [0.717, 1.165) is 42.3 Å². The lowest BCUT2D eigenvalue weighted by Crippen LogP contribution is -2.00. The summed E-state index contributed by atoms with van der Waals surface area (Å²) in [7, 11) is 0. The number of anilines is 1. The third-order valence-corrected chi connectivity index (χ3v) is 3.54. The van der Waals surface area contributed by atoms with Crippen molar-refractivity contribution in [3.8, 4) is 11.4 Å². The molecular weight excluding hydrogens is 212 g/mol. The molecule has 2 heterocycles. The molecule has 1 aliphatic rings. The molecule has 1 aromatic heterocycles. The first-order valence-corrected chi connectivity index (χ1v) is 5.96. The van der Waals surface area contributed by atoms with Crippen LogP contribution in [0.5, 0.6) is 0 Å². The Labute approximate surface area is 100 Å². The van der Waals surface area contributed by atoms with Gasteiger partial charge in [0.2, 0.25) is 0 Å². The van der Waals surface area contributed by atoms with Gasteiger partial charge in [-0.05, 0) is 43.5 Å². The zero-order valence-corrected chi connectivity index (χ0v) is 10.2. The third-order valence-electron chi connectivity index (χ3n) is 3.54. The number of hydrogen-bond acceptors (Lipinski definition) is 3. The Bertz CT molecular complexity index is 583. The molecule has 0 aliphatic carbocycles. The minimum absolute atomic E-state index is 0.790. The maximum absolute atomic E-state index is 5.92. The zero-order valence-electron chi connectivity index (χ0n) is 10.2. The van der Waals surface area contributed by atoms with Gasteiger partial charge in [0.25, 0.3) is 0 Å². The van der Waals surface area contributed by atoms with Gasteiger partial charge in [0.1, 0.15) is 5.82 Å². The van der Waals surface area contributed by atoms with Crippen LogP contribution in [-0.2, 0) is 13.0 Å². The van der Waals surface area contributed by atoms with Gasteiger partial charge in [-0.15, -0.1) is 10.2 Å². The van der Waals surface area contributed by atoms with Crippen molar-refractivity contribution >= 4 is 5.69 Å². The van der Waals surface area contributed by atoms with Crippen molar-refractivity contribution in [1.82, 2.24) is 14.8 Å². The number of aromatic nitrogens is 3. The monoisotopic (exact) mass is 228 g/mol. The number of nitrogens with two attached hydrogens (primary N) is 1. The second-order valence-electron chi connectivity index (χ2n) is 4.71. The van der Waals surface area contributed by atoms with Crippen LogP contribution in [-0.4, -0.2) is 14.8 Å². The molecular formula is C13H16N4. The van der Waals surface area contributed by atoms with Gasteiger partial charge in [-0.25, -0.2) is 0 Å². The lowest BCUT2D eigenvalue weighted by Gasteiger charge is -2.10. The second-order valence-corrected chi connectivity index (χ2v) is 4.71. The van der Waals surface area contributed by atoms with Crippen molar-refractivity contribution in [1.29, 1.82) is 0 Å². The summed E-state index contributed by atoms with van der Waals surface area (Å²) in [4.78, 5) is 0. The van der Waals surface area contributed by atoms with E-state index in [4.69, 9.17) is 5.73 Å². The fourth-order valence-corrected chi connectivity index (χ4v) is 2.47. The molecule has 0 atom stereocenters. The predicted molar refractivity (Wildman–Crippen MR) is 67.7 cm³/mol. The normalized spacial score (nSPS) is 14.0. The van der Waals surface area contributed by atoms with Crippen LogP contribution in [0.15, 0.2) is 12.1 Å². The van der Waals surface area contributed by atoms with Gasteiger partial charge in [0, 0.05) is 24.2 Å². The Morgan fingerprint density at radius 3 is 2.88 bits per heavy atom. The van der Waals surface area contributed by atoms with Gasteiger partial charge in [-0.3, -0.25) is 0 Å². The van der Waals surface area contributed by atoms with E-state index in [1.54, 1.807) is 0 Å². The van der Waals surface area contributed by atoms with Gasteiger partial charge in [0.05, 0.1) is 0 Å². The average Bonchev–Trinajstić information content (AvgIpc) is 2.85. The van der Waals surface area contributed by atoms with Crippen LogP contribution < -0.4 is 5.73 Å². The van der Waals surface area contributed by atoms with Crippen molar-refractivity contribution in [2.75, 3.05) is 5.73 Å². The molecule has 3 rings (SSSR count). The number of nitrogens with zero attached hydrogens (tertiary/aromatic N) is 3. The van der Waals surface area contributed by atoms with Crippen LogP contribution in [0.4, 0.5) is 5.69 Å². The van der Waals surface area contributed by atoms with Crippen LogP contribution in [0, 0.1) is 13.8 Å². The highest BCUT2D eigenvalue weighted by atomic mass is 15.3. The molecule has 0 radical (unpaired) electrons. The minimum atomic E-state index is 0.790. The number of fused-ring (bicyclic) bond motifs is 1. The summed E-state index contributed by atoms with van der Waals surface area (Å²) in [6.45, 7) is 5.21. The van der Waals surface area contributed by atoms with Gasteiger partial charge in [0.15, 0.2) is 5.82 Å². The molecule has 0 amide bonds. The molecule has 0 unspecified atom stereocenters. The number of hydrogen-bond donors (Lipinski definition) is 1. The molecule has 2 N–H and O–H groups in total. The summed E-state index contributed by atoms with van der Waals surface area (Å²) in [5.41, 5.74) is 10.3. The third kappa shape index (κ3) is 1.52. The lowest BCUT2D eigenvalue weighted by atomic mass is 10.0. The van der Waals surface area contributed by atoms with E-state index in [1.807, 2.05) is 12.1 Å². The zero-order chi connectivity index (χ0) is 12.0. The van der Waals surface area contributed by atoms with Crippen molar-refractivity contribution in [2.24, 2.45) is 0 Å². The van der Waals surface area contributed by atoms with Crippen molar-refractivity contribution in [2.45, 2.75) is 33.2 Å². The fourth-order valence-electron chi connectivity index (χ4n) is 2.47. The van der Waals surface area contributed by atoms with Gasteiger partial charge in [-0.2, -0.15) is 0 Å². The van der Waals surface area contributed by atoms with E-state index in [9.17, 15) is 0 Å². The molecule has 0 fully saturated rings. The Hall–Kier alpha value is -1.84. The van der Waals surface area contributed by atoms with E-state index < -0.39 is 0 Å². The van der Waals surface area contributed by atoms with Crippen LogP contribution in [0.25, 0.3) is 11.4 Å². The first-order chi connectivity index (χ1) is 8.16. The Morgan fingerprint density at radius 2 is 2.06 bits per heavy atom. The molecule has 0 saturated heterocycles. The van der Waals surface area contributed by atoms with Crippen LogP contribution in [0.1, 0.15) is 23.4 Å². The van der Waals surface area contributed by atoms with Crippen LogP contribution >= 0.6 is 0 Å². The molecule has 0 bridgehead atoms. The lowest BCUT2D eigenvalue weighted by molar-refractivity contribution is 0.748. The number of benzene rings is 1. The van der Waals surface area contributed by atoms with Crippen molar-refractivity contribution in [3.63, 3.8) is 0 Å². The summed E-state index contributed by atoms with van der Waals surface area (Å²) < 4.78 is 2.21. The highest BCUT2D eigenvalue weighted by Crippen LogP contribution is 2.29. The van der Waals surface area contributed by atoms with E-state index in [-0.39, 0.29) is 0 Å². The Balaban J connectivity index is 2.21. The predicted octanol–water partition coefficient (Wildman–Crippen LogP) is 2.09. The van der Waals surface area contributed by atoms with E-state index in [2.05, 4.69) is 28.6 Å². The first-order valence-electron chi connectivity index (χ1n) is 5.96. The Morgan fingerprint density at radius 1 is 1.24 bits per heavy atom. The summed E-state index contributed by atoms with van der Waals surface area (Å²) >= 11 is 0. The molecule has 4 nitrogen and oxygen atoms in total. The number of rotatable bonds is 1. The molecule has 1 aromatic carbocycles. The van der Waals surface area contributed by atoms with Gasteiger partial charge in [-0.1, -0.05) is 0 Å². The maximum atomic E-state index is 5.92. The van der Waals surface area contributed by atoms with E-state index >= 15 is 0 Å². The van der Waals surface area contributed by atoms with Crippen molar-refractivity contribution < 1.29 is 0 Å². The summed E-state index contributed by atoms with van der Waals surface area (Å²) in [6, 6.07) is 4.00. The minimum Gasteiger partial charge on any atom is -0.399 e. The maximum Gasteiger partial charge on any atom is 0.164 e. The highest BCUT2D eigenvalue weighted by molar-refractivity contribution is 5.67.